The average Bonchev–Trinajstić information content (AvgIpc) is 3.01. The number of nitrogens with zero attached hydrogens (tertiary/aromatic N) is 1. The van der Waals surface area contributed by atoms with Gasteiger partial charge in [0.15, 0.2) is 11.5 Å². The zero-order chi connectivity index (χ0) is 18.1. The lowest BCUT2D eigenvalue weighted by molar-refractivity contribution is -0.114. The summed E-state index contributed by atoms with van der Waals surface area (Å²) < 4.78 is 16.6. The number of benzene rings is 2. The minimum absolute atomic E-state index is 0.0312. The van der Waals surface area contributed by atoms with Crippen molar-refractivity contribution in [3.8, 4) is 17.2 Å². The number of anilines is 1. The number of hydrogen-bond acceptors (Lipinski definition) is 4. The molecule has 0 radical (unpaired) electrons. The van der Waals surface area contributed by atoms with Gasteiger partial charge in [-0.3, -0.25) is 4.79 Å². The number of hydrogen-bond donors (Lipinski definition) is 0. The summed E-state index contributed by atoms with van der Waals surface area (Å²) in [5, 5.41) is 0. The molecule has 1 unspecified atom stereocenters. The molecule has 2 aliphatic rings. The van der Waals surface area contributed by atoms with E-state index >= 15 is 0 Å². The SMILES string of the molecule is COc1cc(C=CC(=O)N2c3ccccc3CC2C)cc2c1OCCO2. The van der Waals surface area contributed by atoms with E-state index in [1.807, 2.05) is 35.2 Å². The molecule has 0 N–H and O–H groups in total. The molecule has 0 fully saturated rings. The molecule has 2 aliphatic heterocycles. The normalized spacial score (nSPS) is 18.1. The summed E-state index contributed by atoms with van der Waals surface area (Å²) in [6, 6.07) is 11.9. The first kappa shape index (κ1) is 16.5. The van der Waals surface area contributed by atoms with Crippen LogP contribution in [0.15, 0.2) is 42.5 Å². The zero-order valence-electron chi connectivity index (χ0n) is 14.9. The van der Waals surface area contributed by atoms with E-state index in [1.54, 1.807) is 19.3 Å². The zero-order valence-corrected chi connectivity index (χ0v) is 14.9. The summed E-state index contributed by atoms with van der Waals surface area (Å²) in [4.78, 5) is 14.6. The fourth-order valence-electron chi connectivity index (χ4n) is 3.54. The van der Waals surface area contributed by atoms with Crippen LogP contribution in [0, 0.1) is 0 Å². The Morgan fingerprint density at radius 1 is 1.23 bits per heavy atom. The van der Waals surface area contributed by atoms with Gasteiger partial charge in [-0.15, -0.1) is 0 Å². The molecule has 134 valence electrons. The van der Waals surface area contributed by atoms with Gasteiger partial charge in [-0.05, 0) is 48.7 Å². The Morgan fingerprint density at radius 3 is 2.88 bits per heavy atom. The summed E-state index contributed by atoms with van der Waals surface area (Å²) in [6.45, 7) is 3.08. The molecule has 1 amide bonds. The van der Waals surface area contributed by atoms with Crippen LogP contribution >= 0.6 is 0 Å². The van der Waals surface area contributed by atoms with Gasteiger partial charge in [0, 0.05) is 17.8 Å². The molecule has 26 heavy (non-hydrogen) atoms. The highest BCUT2D eigenvalue weighted by molar-refractivity contribution is 6.05. The number of rotatable bonds is 3. The predicted molar refractivity (Wildman–Crippen MR) is 100 cm³/mol. The third-order valence-corrected chi connectivity index (χ3v) is 4.71. The number of ether oxygens (including phenoxy) is 3. The van der Waals surface area contributed by atoms with Gasteiger partial charge in [0.1, 0.15) is 13.2 Å². The molecule has 1 atom stereocenters. The fourth-order valence-corrected chi connectivity index (χ4v) is 3.54. The van der Waals surface area contributed by atoms with Crippen molar-refractivity contribution < 1.29 is 19.0 Å². The highest BCUT2D eigenvalue weighted by Crippen LogP contribution is 2.40. The first-order valence-electron chi connectivity index (χ1n) is 8.74. The number of methoxy groups -OCH3 is 1. The topological polar surface area (TPSA) is 48.0 Å². The standard InChI is InChI=1S/C21H21NO4/c1-14-11-16-5-3-4-6-17(16)22(14)20(23)8-7-15-12-18(24-2)21-19(13-15)25-9-10-26-21/h3-8,12-14H,9-11H2,1-2H3. The van der Waals surface area contributed by atoms with Crippen molar-refractivity contribution in [3.63, 3.8) is 0 Å². The monoisotopic (exact) mass is 351 g/mol. The van der Waals surface area contributed by atoms with E-state index in [0.717, 1.165) is 17.7 Å². The minimum Gasteiger partial charge on any atom is -0.493 e. The van der Waals surface area contributed by atoms with Gasteiger partial charge in [-0.2, -0.15) is 0 Å². The Hall–Kier alpha value is -2.95. The largest absolute Gasteiger partial charge is 0.493 e. The van der Waals surface area contributed by atoms with Crippen LogP contribution in [0.3, 0.4) is 0 Å². The van der Waals surface area contributed by atoms with Crippen molar-refractivity contribution in [1.29, 1.82) is 0 Å². The van der Waals surface area contributed by atoms with E-state index in [-0.39, 0.29) is 11.9 Å². The van der Waals surface area contributed by atoms with Gasteiger partial charge in [0.25, 0.3) is 5.91 Å². The van der Waals surface area contributed by atoms with Crippen LogP contribution in [-0.4, -0.2) is 32.3 Å². The van der Waals surface area contributed by atoms with Crippen molar-refractivity contribution in [3.05, 3.63) is 53.6 Å². The molecule has 4 rings (SSSR count). The van der Waals surface area contributed by atoms with Crippen LogP contribution < -0.4 is 19.1 Å². The van der Waals surface area contributed by atoms with E-state index in [4.69, 9.17) is 14.2 Å². The van der Waals surface area contributed by atoms with Crippen LogP contribution in [0.5, 0.6) is 17.2 Å². The van der Waals surface area contributed by atoms with Crippen molar-refractivity contribution in [2.24, 2.45) is 0 Å². The van der Waals surface area contributed by atoms with Crippen LogP contribution in [0.25, 0.3) is 6.08 Å². The van der Waals surface area contributed by atoms with Crippen LogP contribution in [0.1, 0.15) is 18.1 Å². The first-order chi connectivity index (χ1) is 12.7. The molecule has 5 heteroatoms. The molecule has 0 aromatic heterocycles. The molecular weight excluding hydrogens is 330 g/mol. The number of amides is 1. The summed E-state index contributed by atoms with van der Waals surface area (Å²) in [5.41, 5.74) is 3.04. The number of carbonyl (C=O) groups is 1. The van der Waals surface area contributed by atoms with Crippen molar-refractivity contribution in [2.75, 3.05) is 25.2 Å². The van der Waals surface area contributed by atoms with Crippen molar-refractivity contribution in [2.45, 2.75) is 19.4 Å². The molecule has 0 saturated heterocycles. The predicted octanol–water partition coefficient (Wildman–Crippen LogP) is 3.46. The maximum Gasteiger partial charge on any atom is 0.251 e. The van der Waals surface area contributed by atoms with Gasteiger partial charge in [0.2, 0.25) is 5.75 Å². The highest BCUT2D eigenvalue weighted by atomic mass is 16.6. The van der Waals surface area contributed by atoms with Crippen LogP contribution in [0.2, 0.25) is 0 Å². The third kappa shape index (κ3) is 2.90. The Bertz CT molecular complexity index is 857. The lowest BCUT2D eigenvalue weighted by atomic mass is 10.1. The molecule has 5 nitrogen and oxygen atoms in total. The van der Waals surface area contributed by atoms with E-state index in [2.05, 4.69) is 13.0 Å². The fraction of sp³-hybridized carbons (Fsp3) is 0.286. The summed E-state index contributed by atoms with van der Waals surface area (Å²) in [6.07, 6.45) is 4.27. The van der Waals surface area contributed by atoms with E-state index in [9.17, 15) is 4.79 Å². The molecule has 0 spiro atoms. The Morgan fingerprint density at radius 2 is 2.04 bits per heavy atom. The second-order valence-corrected chi connectivity index (χ2v) is 6.47. The van der Waals surface area contributed by atoms with Gasteiger partial charge in [0.05, 0.1) is 7.11 Å². The molecule has 0 aliphatic carbocycles. The van der Waals surface area contributed by atoms with E-state index in [0.29, 0.717) is 30.5 Å². The van der Waals surface area contributed by atoms with Gasteiger partial charge in [-0.1, -0.05) is 18.2 Å². The second-order valence-electron chi connectivity index (χ2n) is 6.47. The lowest BCUT2D eigenvalue weighted by Crippen LogP contribution is -2.34. The molecule has 2 aromatic rings. The minimum atomic E-state index is -0.0312. The number of fused-ring (bicyclic) bond motifs is 2. The summed E-state index contributed by atoms with van der Waals surface area (Å²) >= 11 is 0. The number of carbonyl (C=O) groups excluding carboxylic acids is 1. The average molecular weight is 351 g/mol. The van der Waals surface area contributed by atoms with Crippen molar-refractivity contribution >= 4 is 17.7 Å². The first-order valence-corrected chi connectivity index (χ1v) is 8.74. The quantitative estimate of drug-likeness (QED) is 0.795. The Kier molecular flexibility index (Phi) is 4.29. The number of para-hydroxylation sites is 1. The van der Waals surface area contributed by atoms with Crippen molar-refractivity contribution in [1.82, 2.24) is 0 Å². The molecule has 2 heterocycles. The summed E-state index contributed by atoms with van der Waals surface area (Å²) in [5.74, 6) is 1.83. The Labute approximate surface area is 152 Å². The Balaban J connectivity index is 1.59. The molecule has 0 saturated carbocycles. The maximum atomic E-state index is 12.8. The molecule has 0 bridgehead atoms. The highest BCUT2D eigenvalue weighted by Gasteiger charge is 2.29. The van der Waals surface area contributed by atoms with Crippen LogP contribution in [-0.2, 0) is 11.2 Å². The molecular formula is C21H21NO4. The second kappa shape index (κ2) is 6.75. The van der Waals surface area contributed by atoms with E-state index in [1.165, 1.54) is 5.56 Å². The van der Waals surface area contributed by atoms with Gasteiger partial charge < -0.3 is 19.1 Å². The smallest absolute Gasteiger partial charge is 0.251 e. The lowest BCUT2D eigenvalue weighted by Gasteiger charge is -2.21. The van der Waals surface area contributed by atoms with E-state index < -0.39 is 0 Å². The molecule has 2 aromatic carbocycles. The van der Waals surface area contributed by atoms with Crippen LogP contribution in [0.4, 0.5) is 5.69 Å². The third-order valence-electron chi connectivity index (χ3n) is 4.71. The maximum absolute atomic E-state index is 12.8. The van der Waals surface area contributed by atoms with Gasteiger partial charge in [-0.25, -0.2) is 0 Å². The van der Waals surface area contributed by atoms with Gasteiger partial charge >= 0.3 is 0 Å². The summed E-state index contributed by atoms with van der Waals surface area (Å²) in [7, 11) is 1.59.